The molecule has 2 heterocycles. The quantitative estimate of drug-likeness (QED) is 0.846. The van der Waals surface area contributed by atoms with Crippen LogP contribution in [0.5, 0.6) is 0 Å². The van der Waals surface area contributed by atoms with Gasteiger partial charge in [0.2, 0.25) is 5.43 Å². The number of hydrogen-bond donors (Lipinski definition) is 2. The number of aromatic amines is 1. The Hall–Kier alpha value is -2.82. The Kier molecular flexibility index (Phi) is 3.55. The second-order valence-electron chi connectivity index (χ2n) is 4.80. The van der Waals surface area contributed by atoms with Crippen molar-refractivity contribution in [3.05, 3.63) is 70.7 Å². The molecule has 5 nitrogen and oxygen atoms in total. The summed E-state index contributed by atoms with van der Waals surface area (Å²) < 4.78 is 0. The Morgan fingerprint density at radius 2 is 1.81 bits per heavy atom. The third-order valence-corrected chi connectivity index (χ3v) is 3.39. The number of anilines is 2. The molecule has 1 aliphatic rings. The van der Waals surface area contributed by atoms with Gasteiger partial charge in [0, 0.05) is 42.8 Å². The van der Waals surface area contributed by atoms with E-state index in [-0.39, 0.29) is 17.0 Å². The van der Waals surface area contributed by atoms with Crippen molar-refractivity contribution in [2.75, 3.05) is 23.3 Å². The van der Waals surface area contributed by atoms with E-state index in [9.17, 15) is 9.59 Å². The molecule has 1 aliphatic heterocycles. The second kappa shape index (κ2) is 5.66. The minimum atomic E-state index is -0.294. The maximum absolute atomic E-state index is 12.1. The van der Waals surface area contributed by atoms with Gasteiger partial charge < -0.3 is 15.2 Å². The van der Waals surface area contributed by atoms with E-state index in [1.165, 1.54) is 18.5 Å². The van der Waals surface area contributed by atoms with Crippen molar-refractivity contribution in [2.45, 2.75) is 0 Å². The van der Waals surface area contributed by atoms with E-state index >= 15 is 0 Å². The van der Waals surface area contributed by atoms with E-state index in [2.05, 4.69) is 27.4 Å². The van der Waals surface area contributed by atoms with Crippen LogP contribution in [0.25, 0.3) is 0 Å². The molecule has 1 amide bonds. The number of carbonyl (C=O) groups is 1. The topological polar surface area (TPSA) is 65.2 Å². The molecule has 0 saturated carbocycles. The molecule has 2 N–H and O–H groups in total. The van der Waals surface area contributed by atoms with Crippen molar-refractivity contribution in [2.24, 2.45) is 0 Å². The molecule has 106 valence electrons. The van der Waals surface area contributed by atoms with Gasteiger partial charge in [0.1, 0.15) is 5.69 Å². The lowest BCUT2D eigenvalue weighted by atomic mass is 10.2. The van der Waals surface area contributed by atoms with Crippen molar-refractivity contribution in [1.29, 1.82) is 0 Å². The minimum Gasteiger partial charge on any atom is -0.366 e. The lowest BCUT2D eigenvalue weighted by Gasteiger charge is -2.17. The summed E-state index contributed by atoms with van der Waals surface area (Å²) in [4.78, 5) is 28.6. The first kappa shape index (κ1) is 13.2. The number of benzene rings is 1. The maximum atomic E-state index is 12.1. The Labute approximate surface area is 121 Å². The van der Waals surface area contributed by atoms with Gasteiger partial charge in [0.25, 0.3) is 5.91 Å². The predicted molar refractivity (Wildman–Crippen MR) is 82.8 cm³/mol. The highest BCUT2D eigenvalue weighted by Crippen LogP contribution is 2.18. The highest BCUT2D eigenvalue weighted by molar-refractivity contribution is 6.04. The number of aromatic nitrogens is 1. The van der Waals surface area contributed by atoms with E-state index in [1.807, 2.05) is 12.1 Å². The van der Waals surface area contributed by atoms with Gasteiger partial charge in [-0.1, -0.05) is 12.2 Å². The first-order valence-corrected chi connectivity index (χ1v) is 6.72. The average Bonchev–Trinajstić information content (AvgIpc) is 3.04. The molecule has 0 saturated heterocycles. The van der Waals surface area contributed by atoms with Crippen molar-refractivity contribution in [3.63, 3.8) is 0 Å². The number of carbonyl (C=O) groups excluding carboxylic acids is 1. The molecule has 5 heteroatoms. The van der Waals surface area contributed by atoms with E-state index in [0.717, 1.165) is 18.8 Å². The third kappa shape index (κ3) is 2.86. The largest absolute Gasteiger partial charge is 0.366 e. The Morgan fingerprint density at radius 3 is 2.48 bits per heavy atom. The summed E-state index contributed by atoms with van der Waals surface area (Å²) in [5.74, 6) is -0.294. The summed E-state index contributed by atoms with van der Waals surface area (Å²) in [6.45, 7) is 1.79. The van der Waals surface area contributed by atoms with Crippen molar-refractivity contribution in [1.82, 2.24) is 4.98 Å². The van der Waals surface area contributed by atoms with E-state index in [4.69, 9.17) is 0 Å². The molecule has 0 unspecified atom stereocenters. The van der Waals surface area contributed by atoms with Crippen LogP contribution in [-0.2, 0) is 0 Å². The zero-order valence-electron chi connectivity index (χ0n) is 11.4. The van der Waals surface area contributed by atoms with Crippen LogP contribution in [0, 0.1) is 0 Å². The number of nitrogens with zero attached hydrogens (tertiary/aromatic N) is 1. The monoisotopic (exact) mass is 281 g/mol. The summed E-state index contributed by atoms with van der Waals surface area (Å²) >= 11 is 0. The Balaban J connectivity index is 1.73. The number of rotatable bonds is 3. The zero-order valence-corrected chi connectivity index (χ0v) is 11.4. The van der Waals surface area contributed by atoms with Crippen molar-refractivity contribution < 1.29 is 4.79 Å². The molecule has 1 aromatic heterocycles. The first-order chi connectivity index (χ1) is 10.2. The Bertz CT molecular complexity index is 724. The van der Waals surface area contributed by atoms with Crippen LogP contribution in [0.3, 0.4) is 0 Å². The molecule has 0 spiro atoms. The molecule has 0 radical (unpaired) electrons. The average molecular weight is 281 g/mol. The molecule has 1 aromatic carbocycles. The van der Waals surface area contributed by atoms with Gasteiger partial charge in [0.15, 0.2) is 0 Å². The van der Waals surface area contributed by atoms with Crippen LogP contribution in [0.4, 0.5) is 11.4 Å². The number of hydrogen-bond acceptors (Lipinski definition) is 3. The summed E-state index contributed by atoms with van der Waals surface area (Å²) in [6, 6.07) is 8.73. The zero-order chi connectivity index (χ0) is 14.7. The van der Waals surface area contributed by atoms with Gasteiger partial charge in [-0.05, 0) is 24.3 Å². The van der Waals surface area contributed by atoms with Gasteiger partial charge >= 0.3 is 0 Å². The van der Waals surface area contributed by atoms with Gasteiger partial charge in [-0.25, -0.2) is 0 Å². The molecular formula is C16H15N3O2. The summed E-state index contributed by atoms with van der Waals surface area (Å²) in [7, 11) is 0. The van der Waals surface area contributed by atoms with Crippen LogP contribution in [-0.4, -0.2) is 24.0 Å². The third-order valence-electron chi connectivity index (χ3n) is 3.39. The Morgan fingerprint density at radius 1 is 1.10 bits per heavy atom. The molecule has 2 aromatic rings. The normalized spacial score (nSPS) is 13.4. The fourth-order valence-electron chi connectivity index (χ4n) is 2.22. The summed E-state index contributed by atoms with van der Waals surface area (Å²) in [5.41, 5.74) is 1.63. The lowest BCUT2D eigenvalue weighted by Crippen LogP contribution is -2.20. The number of pyridine rings is 1. The van der Waals surface area contributed by atoms with E-state index in [0.29, 0.717) is 5.56 Å². The van der Waals surface area contributed by atoms with Gasteiger partial charge in [-0.2, -0.15) is 0 Å². The number of nitrogens with one attached hydrogen (secondary N) is 2. The van der Waals surface area contributed by atoms with Gasteiger partial charge in [-0.15, -0.1) is 0 Å². The highest BCUT2D eigenvalue weighted by Gasteiger charge is 2.10. The van der Waals surface area contributed by atoms with Crippen LogP contribution in [0.2, 0.25) is 0 Å². The molecular weight excluding hydrogens is 266 g/mol. The second-order valence-corrected chi connectivity index (χ2v) is 4.80. The van der Waals surface area contributed by atoms with Crippen LogP contribution in [0.15, 0.2) is 59.7 Å². The lowest BCUT2D eigenvalue weighted by molar-refractivity contribution is 0.102. The van der Waals surface area contributed by atoms with Crippen LogP contribution >= 0.6 is 0 Å². The molecule has 0 fully saturated rings. The molecule has 21 heavy (non-hydrogen) atoms. The molecule has 0 bridgehead atoms. The van der Waals surface area contributed by atoms with Gasteiger partial charge in [-0.3, -0.25) is 9.59 Å². The molecule has 3 rings (SSSR count). The van der Waals surface area contributed by atoms with E-state index < -0.39 is 0 Å². The van der Waals surface area contributed by atoms with E-state index in [1.54, 1.807) is 12.1 Å². The van der Waals surface area contributed by atoms with Crippen molar-refractivity contribution >= 4 is 17.3 Å². The maximum Gasteiger partial charge on any atom is 0.255 e. The fourth-order valence-corrected chi connectivity index (χ4v) is 2.22. The number of H-pyrrole nitrogens is 1. The molecule has 0 aliphatic carbocycles. The summed E-state index contributed by atoms with van der Waals surface area (Å²) in [6.07, 6.45) is 7.23. The predicted octanol–water partition coefficient (Wildman–Crippen LogP) is 2.00. The SMILES string of the molecule is O=C(Nc1c[nH]ccc1=O)c1ccc(N2CC=CC2)cc1. The van der Waals surface area contributed by atoms with Crippen LogP contribution < -0.4 is 15.6 Å². The minimum absolute atomic E-state index is 0.220. The first-order valence-electron chi connectivity index (χ1n) is 6.72. The fraction of sp³-hybridized carbons (Fsp3) is 0.125. The van der Waals surface area contributed by atoms with Crippen LogP contribution in [0.1, 0.15) is 10.4 Å². The smallest absolute Gasteiger partial charge is 0.255 e. The number of amides is 1. The van der Waals surface area contributed by atoms with Crippen molar-refractivity contribution in [3.8, 4) is 0 Å². The van der Waals surface area contributed by atoms with Gasteiger partial charge in [0.05, 0.1) is 0 Å². The highest BCUT2D eigenvalue weighted by atomic mass is 16.2. The standard InChI is InChI=1S/C16H15N3O2/c20-15-7-8-17-11-14(15)18-16(21)12-3-5-13(6-4-12)19-9-1-2-10-19/h1-8,11H,9-10H2,(H,17,20)(H,18,21). The summed E-state index contributed by atoms with van der Waals surface area (Å²) in [5, 5.41) is 2.61. The molecule has 0 atom stereocenters.